The lowest BCUT2D eigenvalue weighted by Gasteiger charge is -2.37. The summed E-state index contributed by atoms with van der Waals surface area (Å²) in [6.45, 7) is 3.98. The monoisotopic (exact) mass is 496 g/mol. The summed E-state index contributed by atoms with van der Waals surface area (Å²) in [6.07, 6.45) is 0.522. The lowest BCUT2D eigenvalue weighted by molar-refractivity contribution is 0.379. The smallest absolute Gasteiger partial charge is 0.399 e. The van der Waals surface area contributed by atoms with E-state index < -0.39 is 7.75 Å². The van der Waals surface area contributed by atoms with Crippen LogP contribution >= 0.6 is 7.75 Å². The molecule has 0 amide bonds. The van der Waals surface area contributed by atoms with Crippen LogP contribution in [0.3, 0.4) is 0 Å². The number of benzene rings is 4. The van der Waals surface area contributed by atoms with Crippen LogP contribution in [0.5, 0.6) is 11.5 Å². The van der Waals surface area contributed by atoms with Gasteiger partial charge >= 0.3 is 7.75 Å². The highest BCUT2D eigenvalue weighted by Gasteiger charge is 2.35. The van der Waals surface area contributed by atoms with Crippen LogP contribution in [0.2, 0.25) is 0 Å². The number of hydrogen-bond donors (Lipinski definition) is 0. The highest BCUT2D eigenvalue weighted by Crippen LogP contribution is 2.51. The first-order valence-electron chi connectivity index (χ1n) is 12.0. The molecule has 1 aliphatic heterocycles. The Morgan fingerprint density at radius 2 is 1.28 bits per heavy atom. The summed E-state index contributed by atoms with van der Waals surface area (Å²) in [4.78, 5) is 2.07. The quantitative estimate of drug-likeness (QED) is 0.259. The average Bonchev–Trinajstić information content (AvgIpc) is 2.88. The minimum absolute atomic E-state index is 0.0675. The Bertz CT molecular complexity index is 1370. The summed E-state index contributed by atoms with van der Waals surface area (Å²) in [5, 5.41) is 0. The first kappa shape index (κ1) is 23.9. The Hall–Kier alpha value is -3.82. The minimum Gasteiger partial charge on any atom is -0.399 e. The Labute approximate surface area is 212 Å². The normalized spacial score (nSPS) is 16.5. The molecule has 1 atom stereocenters. The molecule has 0 saturated carbocycles. The van der Waals surface area contributed by atoms with E-state index >= 15 is 0 Å². The highest BCUT2D eigenvalue weighted by molar-refractivity contribution is 7.53. The van der Waals surface area contributed by atoms with Crippen molar-refractivity contribution in [3.8, 4) is 11.5 Å². The first-order valence-corrected chi connectivity index (χ1v) is 13.5. The number of nitrogens with zero attached hydrogens (tertiary/aromatic N) is 2. The van der Waals surface area contributed by atoms with Gasteiger partial charge in [0.2, 0.25) is 0 Å². The van der Waals surface area contributed by atoms with Crippen molar-refractivity contribution in [3.63, 3.8) is 0 Å². The molecule has 182 valence electrons. The van der Waals surface area contributed by atoms with Gasteiger partial charge in [0.05, 0.1) is 6.04 Å². The molecule has 5 rings (SSSR count). The standard InChI is InChI=1S/C30H29N2O3P/c1-22-13-17-26(18-14-22)34-36(33,35-27-19-15-23(2)16-20-27)31-29-21-25-11-7-8-12-28(25)30(32(29)3)24-9-5-4-6-10-24/h4-20,30H,21H2,1-3H3. The molecule has 0 radical (unpaired) electrons. The second kappa shape index (κ2) is 10.0. The fourth-order valence-electron chi connectivity index (χ4n) is 4.42. The van der Waals surface area contributed by atoms with Gasteiger partial charge in [-0.1, -0.05) is 90.0 Å². The zero-order valence-electron chi connectivity index (χ0n) is 20.7. The van der Waals surface area contributed by atoms with Gasteiger partial charge in [-0.05, 0) is 54.8 Å². The van der Waals surface area contributed by atoms with E-state index in [1.165, 1.54) is 5.56 Å². The van der Waals surface area contributed by atoms with Crippen molar-refractivity contribution in [2.75, 3.05) is 7.05 Å². The Balaban J connectivity index is 1.57. The third-order valence-electron chi connectivity index (χ3n) is 6.33. The fourth-order valence-corrected chi connectivity index (χ4v) is 5.81. The van der Waals surface area contributed by atoms with E-state index in [-0.39, 0.29) is 6.04 Å². The molecule has 4 aromatic carbocycles. The van der Waals surface area contributed by atoms with E-state index in [0.717, 1.165) is 22.3 Å². The fraction of sp³-hybridized carbons (Fsp3) is 0.167. The van der Waals surface area contributed by atoms with Crippen LogP contribution in [-0.2, 0) is 11.0 Å². The molecule has 0 fully saturated rings. The minimum atomic E-state index is -3.98. The molecule has 36 heavy (non-hydrogen) atoms. The van der Waals surface area contributed by atoms with Crippen molar-refractivity contribution in [2.24, 2.45) is 4.76 Å². The van der Waals surface area contributed by atoms with Crippen LogP contribution in [0.25, 0.3) is 0 Å². The summed E-state index contributed by atoms with van der Waals surface area (Å²) in [5.41, 5.74) is 5.64. The molecule has 0 aromatic heterocycles. The lowest BCUT2D eigenvalue weighted by Crippen LogP contribution is -2.38. The molecule has 0 saturated heterocycles. The van der Waals surface area contributed by atoms with Crippen molar-refractivity contribution in [1.82, 2.24) is 4.90 Å². The van der Waals surface area contributed by atoms with E-state index in [2.05, 4.69) is 35.2 Å². The second-order valence-electron chi connectivity index (χ2n) is 9.09. The summed E-state index contributed by atoms with van der Waals surface area (Å²) in [7, 11) is -2.00. The van der Waals surface area contributed by atoms with E-state index in [1.807, 2.05) is 69.4 Å². The molecule has 0 N–H and O–H groups in total. The topological polar surface area (TPSA) is 51.1 Å². The maximum absolute atomic E-state index is 14.2. The predicted molar refractivity (Wildman–Crippen MR) is 145 cm³/mol. The van der Waals surface area contributed by atoms with Gasteiger partial charge in [-0.25, -0.2) is 4.57 Å². The van der Waals surface area contributed by atoms with Crippen LogP contribution in [-0.4, -0.2) is 17.8 Å². The molecule has 1 unspecified atom stereocenters. The molecule has 1 heterocycles. The molecule has 5 nitrogen and oxygen atoms in total. The first-order chi connectivity index (χ1) is 17.4. The van der Waals surface area contributed by atoms with Gasteiger partial charge in [0.15, 0.2) is 0 Å². The van der Waals surface area contributed by atoms with Crippen molar-refractivity contribution in [3.05, 3.63) is 131 Å². The molecular formula is C30H29N2O3P. The highest BCUT2D eigenvalue weighted by atomic mass is 31.2. The van der Waals surface area contributed by atoms with Gasteiger partial charge < -0.3 is 13.9 Å². The van der Waals surface area contributed by atoms with Crippen LogP contribution in [0, 0.1) is 13.8 Å². The predicted octanol–water partition coefficient (Wildman–Crippen LogP) is 7.55. The summed E-state index contributed by atoms with van der Waals surface area (Å²) in [6, 6.07) is 33.3. The Morgan fingerprint density at radius 3 is 1.86 bits per heavy atom. The Kier molecular flexibility index (Phi) is 6.67. The molecule has 4 aromatic rings. The van der Waals surface area contributed by atoms with E-state index in [0.29, 0.717) is 23.8 Å². The van der Waals surface area contributed by atoms with Gasteiger partial charge in [-0.2, -0.15) is 0 Å². The van der Waals surface area contributed by atoms with Gasteiger partial charge in [-0.15, -0.1) is 4.76 Å². The second-order valence-corrected chi connectivity index (χ2v) is 10.6. The van der Waals surface area contributed by atoms with Crippen LogP contribution in [0.1, 0.15) is 33.9 Å². The zero-order valence-corrected chi connectivity index (χ0v) is 21.6. The molecular weight excluding hydrogens is 467 g/mol. The number of aryl methyl sites for hydroxylation is 2. The maximum atomic E-state index is 14.2. The lowest BCUT2D eigenvalue weighted by atomic mass is 9.88. The zero-order chi connectivity index (χ0) is 25.1. The number of hydrogen-bond acceptors (Lipinski definition) is 3. The van der Waals surface area contributed by atoms with Crippen molar-refractivity contribution in [2.45, 2.75) is 26.3 Å². The maximum Gasteiger partial charge on any atom is 0.564 e. The average molecular weight is 497 g/mol. The van der Waals surface area contributed by atoms with E-state index in [9.17, 15) is 4.57 Å². The third-order valence-corrected chi connectivity index (χ3v) is 7.69. The van der Waals surface area contributed by atoms with Gasteiger partial charge in [0.25, 0.3) is 0 Å². The van der Waals surface area contributed by atoms with Crippen LogP contribution in [0.15, 0.2) is 108 Å². The van der Waals surface area contributed by atoms with Crippen LogP contribution in [0.4, 0.5) is 0 Å². The SMILES string of the molecule is Cc1ccc(OP(=O)(N=C2Cc3ccccc3C(c3ccccc3)N2C)Oc2ccc(C)cc2)cc1. The van der Waals surface area contributed by atoms with Gasteiger partial charge in [0, 0.05) is 13.5 Å². The molecule has 0 spiro atoms. The van der Waals surface area contributed by atoms with E-state index in [4.69, 9.17) is 13.8 Å². The van der Waals surface area contributed by atoms with Gasteiger partial charge in [0.1, 0.15) is 17.3 Å². The molecule has 1 aliphatic rings. The molecule has 0 bridgehead atoms. The number of fused-ring (bicyclic) bond motifs is 1. The summed E-state index contributed by atoms with van der Waals surface area (Å²) >= 11 is 0. The number of amidine groups is 1. The number of likely N-dealkylation sites (N-methyl/N-ethyl adjacent to an activating group) is 1. The van der Waals surface area contributed by atoms with Gasteiger partial charge in [-0.3, -0.25) is 0 Å². The Morgan fingerprint density at radius 1 is 0.750 bits per heavy atom. The molecule has 0 aliphatic carbocycles. The number of rotatable bonds is 6. The van der Waals surface area contributed by atoms with Crippen LogP contribution < -0.4 is 9.05 Å². The van der Waals surface area contributed by atoms with E-state index in [1.54, 1.807) is 24.3 Å². The van der Waals surface area contributed by atoms with Crippen molar-refractivity contribution >= 4 is 13.6 Å². The molecule has 6 heteroatoms. The summed E-state index contributed by atoms with van der Waals surface area (Å²) in [5.74, 6) is 1.53. The van der Waals surface area contributed by atoms with Crippen molar-refractivity contribution in [1.29, 1.82) is 0 Å². The third kappa shape index (κ3) is 5.22. The largest absolute Gasteiger partial charge is 0.564 e. The van der Waals surface area contributed by atoms with Crippen molar-refractivity contribution < 1.29 is 13.6 Å². The summed E-state index contributed by atoms with van der Waals surface area (Å²) < 4.78 is 30.9.